The van der Waals surface area contributed by atoms with Gasteiger partial charge in [0.25, 0.3) is 0 Å². The van der Waals surface area contributed by atoms with Crippen molar-refractivity contribution in [2.24, 2.45) is 16.6 Å². The van der Waals surface area contributed by atoms with Gasteiger partial charge >= 0.3 is 0 Å². The van der Waals surface area contributed by atoms with Crippen LogP contribution in [0.5, 0.6) is 0 Å². The number of benzene rings is 1. The molecule has 0 saturated carbocycles. The molecule has 1 rings (SSSR count). The summed E-state index contributed by atoms with van der Waals surface area (Å²) in [7, 11) is 0. The van der Waals surface area contributed by atoms with E-state index in [0.717, 1.165) is 0 Å². The topological polar surface area (TPSA) is 131 Å². The fraction of sp³-hybridized carbons (Fsp3) is 0.100. The first kappa shape index (κ1) is 12.5. The number of rotatable bonds is 4. The summed E-state index contributed by atoms with van der Waals surface area (Å²) in [6.07, 6.45) is -0.373. The summed E-state index contributed by atoms with van der Waals surface area (Å²) in [4.78, 5) is 21.7. The van der Waals surface area contributed by atoms with Gasteiger partial charge < -0.3 is 22.0 Å². The second-order valence-electron chi connectivity index (χ2n) is 3.25. The number of amides is 2. The van der Waals surface area contributed by atoms with Crippen molar-refractivity contribution in [2.75, 3.05) is 5.32 Å². The highest BCUT2D eigenvalue weighted by Crippen LogP contribution is 2.09. The predicted molar refractivity (Wildman–Crippen MR) is 61.4 cm³/mol. The molecule has 0 saturated heterocycles. The minimum atomic E-state index is -0.698. The van der Waals surface area contributed by atoms with Crippen LogP contribution in [0.2, 0.25) is 0 Å². The van der Waals surface area contributed by atoms with Gasteiger partial charge in [0, 0.05) is 11.3 Å². The Morgan fingerprint density at radius 2 is 1.82 bits per heavy atom. The van der Waals surface area contributed by atoms with E-state index in [-0.39, 0.29) is 12.3 Å². The van der Waals surface area contributed by atoms with Gasteiger partial charge in [0.05, 0.1) is 0 Å². The molecule has 7 nitrogen and oxygen atoms in total. The van der Waals surface area contributed by atoms with Gasteiger partial charge in [0.15, 0.2) is 5.84 Å². The number of carbonyl (C=O) groups excluding carboxylic acids is 2. The SMILES string of the molecule is NC(=O)CC(=O)Nc1ccc(/C(N)=N/O)cc1. The van der Waals surface area contributed by atoms with Crippen molar-refractivity contribution in [1.29, 1.82) is 0 Å². The fourth-order valence-electron chi connectivity index (χ4n) is 1.15. The van der Waals surface area contributed by atoms with Crippen molar-refractivity contribution in [2.45, 2.75) is 6.42 Å². The second-order valence-corrected chi connectivity index (χ2v) is 3.25. The minimum Gasteiger partial charge on any atom is -0.409 e. The lowest BCUT2D eigenvalue weighted by atomic mass is 10.2. The average molecular weight is 236 g/mol. The Labute approximate surface area is 97.1 Å². The molecule has 6 N–H and O–H groups in total. The third-order valence-corrected chi connectivity index (χ3v) is 1.91. The monoisotopic (exact) mass is 236 g/mol. The standard InChI is InChI=1S/C10H12N4O3/c11-8(15)5-9(16)13-7-3-1-6(2-4-7)10(12)14-17/h1-4,17H,5H2,(H2,11,15)(H2,12,14)(H,13,16). The first-order valence-electron chi connectivity index (χ1n) is 4.69. The Morgan fingerprint density at radius 3 is 2.29 bits per heavy atom. The molecule has 0 heterocycles. The summed E-state index contributed by atoms with van der Waals surface area (Å²) in [5, 5.41) is 13.8. The number of hydrogen-bond donors (Lipinski definition) is 4. The molecule has 0 aliphatic heterocycles. The summed E-state index contributed by atoms with van der Waals surface area (Å²) < 4.78 is 0. The summed E-state index contributed by atoms with van der Waals surface area (Å²) >= 11 is 0. The van der Waals surface area contributed by atoms with E-state index in [1.54, 1.807) is 24.3 Å². The van der Waals surface area contributed by atoms with E-state index in [2.05, 4.69) is 10.5 Å². The molecule has 0 unspecified atom stereocenters. The Balaban J connectivity index is 2.69. The summed E-state index contributed by atoms with van der Waals surface area (Å²) in [6.45, 7) is 0. The number of anilines is 1. The van der Waals surface area contributed by atoms with E-state index in [0.29, 0.717) is 11.3 Å². The molecule has 0 spiro atoms. The molecule has 90 valence electrons. The van der Waals surface area contributed by atoms with Crippen LogP contribution in [0.1, 0.15) is 12.0 Å². The molecule has 0 atom stereocenters. The average Bonchev–Trinajstić information content (AvgIpc) is 2.28. The predicted octanol–water partition coefficient (Wildman–Crippen LogP) is -0.405. The van der Waals surface area contributed by atoms with E-state index in [1.165, 1.54) is 0 Å². The highest BCUT2D eigenvalue weighted by molar-refractivity contribution is 6.03. The normalized spacial score (nSPS) is 10.9. The smallest absolute Gasteiger partial charge is 0.233 e. The maximum Gasteiger partial charge on any atom is 0.233 e. The number of nitrogens with zero attached hydrogens (tertiary/aromatic N) is 1. The van der Waals surface area contributed by atoms with Crippen LogP contribution in [0.25, 0.3) is 0 Å². The molecule has 7 heteroatoms. The van der Waals surface area contributed by atoms with Crippen LogP contribution in [0, 0.1) is 0 Å². The van der Waals surface area contributed by atoms with Crippen LogP contribution < -0.4 is 16.8 Å². The number of nitrogens with two attached hydrogens (primary N) is 2. The van der Waals surface area contributed by atoms with Gasteiger partial charge in [-0.3, -0.25) is 9.59 Å². The zero-order valence-corrected chi connectivity index (χ0v) is 8.88. The Morgan fingerprint density at radius 1 is 1.24 bits per heavy atom. The Kier molecular flexibility index (Phi) is 4.04. The zero-order chi connectivity index (χ0) is 12.8. The van der Waals surface area contributed by atoms with Crippen LogP contribution in [-0.4, -0.2) is 22.9 Å². The lowest BCUT2D eigenvalue weighted by molar-refractivity contribution is -0.124. The van der Waals surface area contributed by atoms with Crippen molar-refractivity contribution in [3.63, 3.8) is 0 Å². The van der Waals surface area contributed by atoms with Crippen molar-refractivity contribution >= 4 is 23.3 Å². The summed E-state index contributed by atoms with van der Waals surface area (Å²) in [5.41, 5.74) is 11.2. The van der Waals surface area contributed by atoms with Gasteiger partial charge in [-0.05, 0) is 24.3 Å². The van der Waals surface area contributed by atoms with E-state index >= 15 is 0 Å². The molecule has 17 heavy (non-hydrogen) atoms. The summed E-state index contributed by atoms with van der Waals surface area (Å²) in [5.74, 6) is -1.22. The van der Waals surface area contributed by atoms with Gasteiger partial charge in [0.1, 0.15) is 6.42 Å². The zero-order valence-electron chi connectivity index (χ0n) is 8.88. The van der Waals surface area contributed by atoms with Gasteiger partial charge in [-0.2, -0.15) is 0 Å². The highest BCUT2D eigenvalue weighted by atomic mass is 16.4. The van der Waals surface area contributed by atoms with Crippen LogP contribution in [-0.2, 0) is 9.59 Å². The second kappa shape index (κ2) is 5.50. The van der Waals surface area contributed by atoms with Gasteiger partial charge in [-0.1, -0.05) is 5.16 Å². The molecule has 0 aliphatic carbocycles. The molecule has 0 bridgehead atoms. The third kappa shape index (κ3) is 3.82. The first-order valence-corrected chi connectivity index (χ1v) is 4.69. The summed E-state index contributed by atoms with van der Waals surface area (Å²) in [6, 6.07) is 6.25. The quantitative estimate of drug-likeness (QED) is 0.186. The van der Waals surface area contributed by atoms with Crippen molar-refractivity contribution in [1.82, 2.24) is 0 Å². The van der Waals surface area contributed by atoms with Gasteiger partial charge in [0.2, 0.25) is 11.8 Å². The van der Waals surface area contributed by atoms with Crippen LogP contribution in [0.3, 0.4) is 0 Å². The van der Waals surface area contributed by atoms with E-state index in [9.17, 15) is 9.59 Å². The lowest BCUT2D eigenvalue weighted by Gasteiger charge is -2.04. The van der Waals surface area contributed by atoms with E-state index in [4.69, 9.17) is 16.7 Å². The fourth-order valence-corrected chi connectivity index (χ4v) is 1.15. The van der Waals surface area contributed by atoms with E-state index in [1.807, 2.05) is 0 Å². The van der Waals surface area contributed by atoms with E-state index < -0.39 is 11.8 Å². The molecular formula is C10H12N4O3. The molecule has 0 fully saturated rings. The number of oxime groups is 1. The number of carbonyl (C=O) groups is 2. The van der Waals surface area contributed by atoms with Gasteiger partial charge in [-0.15, -0.1) is 0 Å². The van der Waals surface area contributed by atoms with Crippen LogP contribution in [0.15, 0.2) is 29.4 Å². The number of amidine groups is 1. The molecular weight excluding hydrogens is 224 g/mol. The molecule has 0 aromatic heterocycles. The number of nitrogens with one attached hydrogen (secondary N) is 1. The highest BCUT2D eigenvalue weighted by Gasteiger charge is 2.06. The van der Waals surface area contributed by atoms with Crippen LogP contribution >= 0.6 is 0 Å². The number of primary amides is 1. The first-order chi connectivity index (χ1) is 8.02. The minimum absolute atomic E-state index is 0.0278. The molecule has 1 aromatic rings. The maximum absolute atomic E-state index is 11.2. The molecule has 0 aliphatic rings. The number of hydrogen-bond acceptors (Lipinski definition) is 4. The van der Waals surface area contributed by atoms with Crippen molar-refractivity contribution in [3.8, 4) is 0 Å². The largest absolute Gasteiger partial charge is 0.409 e. The maximum atomic E-state index is 11.2. The third-order valence-electron chi connectivity index (χ3n) is 1.91. The van der Waals surface area contributed by atoms with Crippen molar-refractivity contribution in [3.05, 3.63) is 29.8 Å². The Bertz CT molecular complexity index is 453. The lowest BCUT2D eigenvalue weighted by Crippen LogP contribution is -2.21. The van der Waals surface area contributed by atoms with Crippen molar-refractivity contribution < 1.29 is 14.8 Å². The molecule has 1 aromatic carbocycles. The molecule has 0 radical (unpaired) electrons. The Hall–Kier alpha value is -2.57. The van der Waals surface area contributed by atoms with Crippen LogP contribution in [0.4, 0.5) is 5.69 Å². The van der Waals surface area contributed by atoms with Gasteiger partial charge in [-0.25, -0.2) is 0 Å². The molecule has 2 amide bonds.